The molecule has 0 aliphatic carbocycles. The van der Waals surface area contributed by atoms with E-state index in [9.17, 15) is 0 Å². The average Bonchev–Trinajstić information content (AvgIpc) is 2.33. The van der Waals surface area contributed by atoms with Gasteiger partial charge in [-0.25, -0.2) is 0 Å². The second-order valence-corrected chi connectivity index (χ2v) is 3.66. The van der Waals surface area contributed by atoms with Gasteiger partial charge in [-0.2, -0.15) is 0 Å². The van der Waals surface area contributed by atoms with E-state index in [0.29, 0.717) is 25.1 Å². The Morgan fingerprint density at radius 3 is 1.47 bits per heavy atom. The molecule has 0 saturated carbocycles. The fraction of sp³-hybridized carbons (Fsp3) is 0.714. The lowest BCUT2D eigenvalue weighted by molar-refractivity contribution is -0.00638. The van der Waals surface area contributed by atoms with Crippen LogP contribution in [0.2, 0.25) is 0 Å². The highest BCUT2D eigenvalue weighted by Gasteiger charge is 2.04. The molecule has 3 nitrogen and oxygen atoms in total. The van der Waals surface area contributed by atoms with Gasteiger partial charge in [0.1, 0.15) is 0 Å². The monoisotopic (exact) mass is 242 g/mol. The lowest BCUT2D eigenvalue weighted by atomic mass is 10.4. The molecule has 0 heterocycles. The second-order valence-electron chi connectivity index (χ2n) is 3.66. The van der Waals surface area contributed by atoms with Crippen molar-refractivity contribution < 1.29 is 14.2 Å². The summed E-state index contributed by atoms with van der Waals surface area (Å²) < 4.78 is 16.6. The maximum Gasteiger partial charge on any atom is 0.282 e. The SMILES string of the molecule is CCC=C(OCCC)OC(=CCC)OCCC. The molecule has 0 spiro atoms. The molecule has 17 heavy (non-hydrogen) atoms. The van der Waals surface area contributed by atoms with Crippen LogP contribution in [0.25, 0.3) is 0 Å². The first kappa shape index (κ1) is 15.9. The predicted octanol–water partition coefficient (Wildman–Crippen LogP) is 4.36. The summed E-state index contributed by atoms with van der Waals surface area (Å²) in [6, 6.07) is 0. The number of rotatable bonds is 10. The van der Waals surface area contributed by atoms with Crippen molar-refractivity contribution in [2.45, 2.75) is 53.4 Å². The van der Waals surface area contributed by atoms with E-state index in [1.807, 2.05) is 12.2 Å². The highest BCUT2D eigenvalue weighted by atomic mass is 16.7. The molecule has 0 bridgehead atoms. The zero-order chi connectivity index (χ0) is 12.9. The molecule has 0 N–H and O–H groups in total. The average molecular weight is 242 g/mol. The minimum Gasteiger partial charge on any atom is -0.465 e. The second kappa shape index (κ2) is 11.4. The number of allylic oxidation sites excluding steroid dienone is 2. The third-order valence-corrected chi connectivity index (χ3v) is 1.84. The Morgan fingerprint density at radius 1 is 0.765 bits per heavy atom. The summed E-state index contributed by atoms with van der Waals surface area (Å²) in [4.78, 5) is 0. The smallest absolute Gasteiger partial charge is 0.282 e. The van der Waals surface area contributed by atoms with Crippen LogP contribution in [0.3, 0.4) is 0 Å². The maximum absolute atomic E-state index is 5.61. The van der Waals surface area contributed by atoms with Gasteiger partial charge >= 0.3 is 0 Å². The summed E-state index contributed by atoms with van der Waals surface area (Å²) in [6.45, 7) is 9.57. The molecular formula is C14H26O3. The van der Waals surface area contributed by atoms with Crippen LogP contribution in [0, 0.1) is 0 Å². The van der Waals surface area contributed by atoms with Gasteiger partial charge < -0.3 is 14.2 Å². The van der Waals surface area contributed by atoms with E-state index in [4.69, 9.17) is 14.2 Å². The van der Waals surface area contributed by atoms with Crippen molar-refractivity contribution in [3.8, 4) is 0 Å². The minimum absolute atomic E-state index is 0.546. The molecule has 0 aliphatic rings. The van der Waals surface area contributed by atoms with E-state index in [-0.39, 0.29) is 0 Å². The Hall–Kier alpha value is -1.12. The van der Waals surface area contributed by atoms with E-state index >= 15 is 0 Å². The van der Waals surface area contributed by atoms with Crippen LogP contribution in [0.15, 0.2) is 24.0 Å². The zero-order valence-electron chi connectivity index (χ0n) is 11.6. The molecule has 0 unspecified atom stereocenters. The summed E-state index contributed by atoms with van der Waals surface area (Å²) in [5, 5.41) is 0. The lowest BCUT2D eigenvalue weighted by Gasteiger charge is -2.14. The van der Waals surface area contributed by atoms with Crippen LogP contribution in [0.5, 0.6) is 0 Å². The van der Waals surface area contributed by atoms with Crippen LogP contribution < -0.4 is 0 Å². The molecule has 100 valence electrons. The van der Waals surface area contributed by atoms with Crippen molar-refractivity contribution in [3.63, 3.8) is 0 Å². The van der Waals surface area contributed by atoms with Gasteiger partial charge in [-0.1, -0.05) is 27.7 Å². The van der Waals surface area contributed by atoms with Crippen LogP contribution in [0.4, 0.5) is 0 Å². The van der Waals surface area contributed by atoms with Crippen molar-refractivity contribution in [3.05, 3.63) is 24.0 Å². The Kier molecular flexibility index (Phi) is 10.6. The molecule has 0 rings (SSSR count). The van der Waals surface area contributed by atoms with Crippen molar-refractivity contribution in [2.24, 2.45) is 0 Å². The molecule has 0 amide bonds. The van der Waals surface area contributed by atoms with Gasteiger partial charge in [0.25, 0.3) is 11.9 Å². The third kappa shape index (κ3) is 8.66. The van der Waals surface area contributed by atoms with Gasteiger partial charge in [0, 0.05) is 0 Å². The fourth-order valence-corrected chi connectivity index (χ4v) is 1.10. The van der Waals surface area contributed by atoms with E-state index in [2.05, 4.69) is 27.7 Å². The van der Waals surface area contributed by atoms with Crippen molar-refractivity contribution >= 4 is 0 Å². The first-order valence-electron chi connectivity index (χ1n) is 6.62. The Bertz CT molecular complexity index is 208. The molecule has 3 heteroatoms. The van der Waals surface area contributed by atoms with Crippen molar-refractivity contribution in [2.75, 3.05) is 13.2 Å². The normalized spacial score (nSPS) is 12.5. The Balaban J connectivity index is 4.34. The standard InChI is InChI=1S/C14H26O3/c1-5-9-13(15-11-7-3)17-14(10-6-2)16-12-8-4/h9-10H,5-8,11-12H2,1-4H3. The molecule has 0 saturated heterocycles. The molecule has 0 aromatic heterocycles. The van der Waals surface area contributed by atoms with E-state index in [1.165, 1.54) is 0 Å². The summed E-state index contributed by atoms with van der Waals surface area (Å²) in [6.07, 6.45) is 7.54. The minimum atomic E-state index is 0.546. The number of hydrogen-bond acceptors (Lipinski definition) is 3. The van der Waals surface area contributed by atoms with Crippen LogP contribution in [-0.2, 0) is 14.2 Å². The Morgan fingerprint density at radius 2 is 1.18 bits per heavy atom. The maximum atomic E-state index is 5.61. The van der Waals surface area contributed by atoms with E-state index < -0.39 is 0 Å². The zero-order valence-corrected chi connectivity index (χ0v) is 11.6. The van der Waals surface area contributed by atoms with Crippen LogP contribution >= 0.6 is 0 Å². The van der Waals surface area contributed by atoms with Gasteiger partial charge in [-0.3, -0.25) is 0 Å². The molecule has 0 aliphatic heterocycles. The van der Waals surface area contributed by atoms with E-state index in [0.717, 1.165) is 25.7 Å². The highest BCUT2D eigenvalue weighted by Crippen LogP contribution is 2.12. The van der Waals surface area contributed by atoms with Gasteiger partial charge in [0.15, 0.2) is 0 Å². The third-order valence-electron chi connectivity index (χ3n) is 1.84. The quantitative estimate of drug-likeness (QED) is 0.533. The summed E-state index contributed by atoms with van der Waals surface area (Å²) >= 11 is 0. The molecule has 0 aromatic carbocycles. The van der Waals surface area contributed by atoms with Gasteiger partial charge in [0.2, 0.25) is 0 Å². The first-order chi connectivity index (χ1) is 8.28. The van der Waals surface area contributed by atoms with Gasteiger partial charge in [-0.05, 0) is 37.8 Å². The summed E-state index contributed by atoms with van der Waals surface area (Å²) in [7, 11) is 0. The first-order valence-corrected chi connectivity index (χ1v) is 6.62. The fourth-order valence-electron chi connectivity index (χ4n) is 1.10. The largest absolute Gasteiger partial charge is 0.465 e. The van der Waals surface area contributed by atoms with Crippen molar-refractivity contribution in [1.29, 1.82) is 0 Å². The Labute approximate surface area is 105 Å². The molecular weight excluding hydrogens is 216 g/mol. The predicted molar refractivity (Wildman–Crippen MR) is 70.3 cm³/mol. The molecule has 0 aromatic rings. The molecule has 0 atom stereocenters. The molecule has 0 radical (unpaired) electrons. The highest BCUT2D eigenvalue weighted by molar-refractivity contribution is 4.91. The van der Waals surface area contributed by atoms with Gasteiger partial charge in [-0.15, -0.1) is 0 Å². The van der Waals surface area contributed by atoms with E-state index in [1.54, 1.807) is 0 Å². The number of hydrogen-bond donors (Lipinski definition) is 0. The van der Waals surface area contributed by atoms with Crippen LogP contribution in [0.1, 0.15) is 53.4 Å². The van der Waals surface area contributed by atoms with Gasteiger partial charge in [0.05, 0.1) is 13.2 Å². The van der Waals surface area contributed by atoms with Crippen LogP contribution in [-0.4, -0.2) is 13.2 Å². The number of ether oxygens (including phenoxy) is 3. The summed E-state index contributed by atoms with van der Waals surface area (Å²) in [5.74, 6) is 1.09. The topological polar surface area (TPSA) is 27.7 Å². The molecule has 0 fully saturated rings. The summed E-state index contributed by atoms with van der Waals surface area (Å²) in [5.41, 5.74) is 0. The van der Waals surface area contributed by atoms with Crippen molar-refractivity contribution in [1.82, 2.24) is 0 Å². The lowest BCUT2D eigenvalue weighted by Crippen LogP contribution is -2.03.